The Bertz CT molecular complexity index is 287. The van der Waals surface area contributed by atoms with Gasteiger partial charge in [0.05, 0.1) is 11.4 Å². The van der Waals surface area contributed by atoms with E-state index in [-0.39, 0.29) is 0 Å². The highest BCUT2D eigenvalue weighted by atomic mass is 16.3. The molecule has 0 unspecified atom stereocenters. The summed E-state index contributed by atoms with van der Waals surface area (Å²) in [4.78, 5) is 4.47. The molecule has 0 bridgehead atoms. The Labute approximate surface area is 105 Å². The molecule has 2 aliphatic rings. The molecule has 1 heterocycles. The van der Waals surface area contributed by atoms with Crippen LogP contribution < -0.4 is 5.32 Å². The third kappa shape index (κ3) is 3.70. The molecule has 0 spiro atoms. The Hall–Kier alpha value is -0.570. The molecule has 0 aromatic carbocycles. The standard InChI is InChI=1S/C14H26N2O/c1-13(2)6-8-14(17,9-7-13)11-16-12-5-3-4-10-15-12/h17H,3-11H2,1-2H3,(H,15,16). The van der Waals surface area contributed by atoms with Gasteiger partial charge in [-0.25, -0.2) is 0 Å². The van der Waals surface area contributed by atoms with Crippen molar-refractivity contribution in [1.82, 2.24) is 5.32 Å². The number of hydrogen-bond donors (Lipinski definition) is 2. The van der Waals surface area contributed by atoms with Gasteiger partial charge in [0.2, 0.25) is 0 Å². The van der Waals surface area contributed by atoms with E-state index in [1.807, 2.05) is 0 Å². The predicted octanol–water partition coefficient (Wildman–Crippen LogP) is 2.49. The maximum absolute atomic E-state index is 10.5. The molecule has 0 radical (unpaired) electrons. The fraction of sp³-hybridized carbons (Fsp3) is 0.929. The number of aliphatic hydroxyl groups is 1. The summed E-state index contributed by atoms with van der Waals surface area (Å²) in [6, 6.07) is 0. The third-order valence-corrected chi connectivity index (χ3v) is 4.28. The van der Waals surface area contributed by atoms with Crippen LogP contribution in [0.25, 0.3) is 0 Å². The highest BCUT2D eigenvalue weighted by Crippen LogP contribution is 2.39. The second-order valence-electron chi connectivity index (χ2n) is 6.53. The van der Waals surface area contributed by atoms with E-state index in [1.165, 1.54) is 12.8 Å². The summed E-state index contributed by atoms with van der Waals surface area (Å²) in [6.45, 7) is 6.23. The molecule has 1 aliphatic carbocycles. The molecule has 2 rings (SSSR count). The Morgan fingerprint density at radius 1 is 1.18 bits per heavy atom. The lowest BCUT2D eigenvalue weighted by molar-refractivity contribution is -0.0212. The van der Waals surface area contributed by atoms with E-state index < -0.39 is 5.60 Å². The zero-order valence-corrected chi connectivity index (χ0v) is 11.3. The normalized spacial score (nSPS) is 27.4. The third-order valence-electron chi connectivity index (χ3n) is 4.28. The Morgan fingerprint density at radius 2 is 1.88 bits per heavy atom. The number of rotatable bonds is 2. The quantitative estimate of drug-likeness (QED) is 0.776. The van der Waals surface area contributed by atoms with Crippen molar-refractivity contribution in [3.63, 3.8) is 0 Å². The highest BCUT2D eigenvalue weighted by molar-refractivity contribution is 5.82. The molecule has 0 aromatic heterocycles. The van der Waals surface area contributed by atoms with Gasteiger partial charge in [0, 0.05) is 19.5 Å². The van der Waals surface area contributed by atoms with Gasteiger partial charge in [-0.15, -0.1) is 0 Å². The van der Waals surface area contributed by atoms with Crippen molar-refractivity contribution < 1.29 is 5.11 Å². The summed E-state index contributed by atoms with van der Waals surface area (Å²) in [5, 5.41) is 13.9. The highest BCUT2D eigenvalue weighted by Gasteiger charge is 2.36. The molecule has 1 aliphatic heterocycles. The Balaban J connectivity index is 1.80. The number of nitrogens with one attached hydrogen (secondary N) is 1. The van der Waals surface area contributed by atoms with E-state index in [9.17, 15) is 5.11 Å². The van der Waals surface area contributed by atoms with Crippen LogP contribution in [-0.4, -0.2) is 29.6 Å². The van der Waals surface area contributed by atoms with Crippen molar-refractivity contribution in [2.75, 3.05) is 13.1 Å². The first-order chi connectivity index (χ1) is 7.99. The summed E-state index contributed by atoms with van der Waals surface area (Å²) in [5.41, 5.74) is -0.0932. The minimum atomic E-state index is -0.504. The van der Waals surface area contributed by atoms with Gasteiger partial charge in [-0.05, 0) is 43.9 Å². The first-order valence-corrected chi connectivity index (χ1v) is 6.99. The SMILES string of the molecule is CC1(C)CCC(O)(CNC2=NCCCC2)CC1. The van der Waals surface area contributed by atoms with E-state index in [1.54, 1.807) is 0 Å². The van der Waals surface area contributed by atoms with E-state index in [2.05, 4.69) is 24.2 Å². The van der Waals surface area contributed by atoms with Gasteiger partial charge < -0.3 is 10.4 Å². The maximum atomic E-state index is 10.5. The van der Waals surface area contributed by atoms with Gasteiger partial charge in [-0.1, -0.05) is 13.8 Å². The smallest absolute Gasteiger partial charge is 0.0964 e. The first-order valence-electron chi connectivity index (χ1n) is 6.99. The number of hydrogen-bond acceptors (Lipinski definition) is 3. The molecule has 3 nitrogen and oxygen atoms in total. The van der Waals surface area contributed by atoms with E-state index in [0.717, 1.165) is 44.5 Å². The molecule has 2 N–H and O–H groups in total. The largest absolute Gasteiger partial charge is 0.388 e. The van der Waals surface area contributed by atoms with E-state index in [4.69, 9.17) is 0 Å². The number of amidine groups is 1. The maximum Gasteiger partial charge on any atom is 0.0964 e. The summed E-state index contributed by atoms with van der Waals surface area (Å²) < 4.78 is 0. The van der Waals surface area contributed by atoms with Crippen molar-refractivity contribution in [3.8, 4) is 0 Å². The minimum Gasteiger partial charge on any atom is -0.388 e. The molecular formula is C14H26N2O. The lowest BCUT2D eigenvalue weighted by Crippen LogP contribution is -2.46. The van der Waals surface area contributed by atoms with Crippen molar-refractivity contribution in [1.29, 1.82) is 0 Å². The molecule has 98 valence electrons. The molecule has 1 fully saturated rings. The summed E-state index contributed by atoms with van der Waals surface area (Å²) in [7, 11) is 0. The Morgan fingerprint density at radius 3 is 2.47 bits per heavy atom. The van der Waals surface area contributed by atoms with Crippen LogP contribution in [0.1, 0.15) is 58.8 Å². The lowest BCUT2D eigenvalue weighted by atomic mass is 9.71. The van der Waals surface area contributed by atoms with E-state index in [0.29, 0.717) is 12.0 Å². The van der Waals surface area contributed by atoms with Crippen molar-refractivity contribution in [2.45, 2.75) is 64.4 Å². The van der Waals surface area contributed by atoms with Crippen LogP contribution in [0, 0.1) is 5.41 Å². The fourth-order valence-electron chi connectivity index (χ4n) is 2.68. The lowest BCUT2D eigenvalue weighted by Gasteiger charge is -2.40. The molecule has 0 atom stereocenters. The van der Waals surface area contributed by atoms with Gasteiger partial charge in [-0.3, -0.25) is 4.99 Å². The minimum absolute atomic E-state index is 0.411. The van der Waals surface area contributed by atoms with Crippen LogP contribution in [0.3, 0.4) is 0 Å². The monoisotopic (exact) mass is 238 g/mol. The molecule has 0 amide bonds. The fourth-order valence-corrected chi connectivity index (χ4v) is 2.68. The molecule has 0 aromatic rings. The van der Waals surface area contributed by atoms with Crippen LogP contribution in [0.5, 0.6) is 0 Å². The number of nitrogens with zero attached hydrogens (tertiary/aromatic N) is 1. The molecule has 1 saturated carbocycles. The van der Waals surface area contributed by atoms with Crippen molar-refractivity contribution in [3.05, 3.63) is 0 Å². The summed E-state index contributed by atoms with van der Waals surface area (Å²) in [6.07, 6.45) is 7.58. The molecule has 3 heteroatoms. The van der Waals surface area contributed by atoms with Gasteiger partial charge in [0.15, 0.2) is 0 Å². The average Bonchev–Trinajstić information content (AvgIpc) is 2.33. The van der Waals surface area contributed by atoms with Gasteiger partial charge in [0.25, 0.3) is 0 Å². The van der Waals surface area contributed by atoms with Crippen LogP contribution in [-0.2, 0) is 0 Å². The second-order valence-corrected chi connectivity index (χ2v) is 6.53. The molecular weight excluding hydrogens is 212 g/mol. The van der Waals surface area contributed by atoms with Gasteiger partial charge in [-0.2, -0.15) is 0 Å². The van der Waals surface area contributed by atoms with Crippen LogP contribution in [0.15, 0.2) is 4.99 Å². The van der Waals surface area contributed by atoms with Crippen LogP contribution >= 0.6 is 0 Å². The van der Waals surface area contributed by atoms with Crippen LogP contribution in [0.4, 0.5) is 0 Å². The zero-order chi connectivity index (χ0) is 12.4. The summed E-state index contributed by atoms with van der Waals surface area (Å²) in [5.74, 6) is 1.11. The number of aliphatic imine (C=N–C) groups is 1. The predicted molar refractivity (Wildman–Crippen MR) is 71.4 cm³/mol. The first kappa shape index (κ1) is 12.9. The topological polar surface area (TPSA) is 44.6 Å². The molecule has 0 saturated heterocycles. The Kier molecular flexibility index (Phi) is 3.76. The van der Waals surface area contributed by atoms with Crippen molar-refractivity contribution >= 4 is 5.84 Å². The molecule has 17 heavy (non-hydrogen) atoms. The van der Waals surface area contributed by atoms with Crippen LogP contribution in [0.2, 0.25) is 0 Å². The summed E-state index contributed by atoms with van der Waals surface area (Å²) >= 11 is 0. The van der Waals surface area contributed by atoms with Gasteiger partial charge >= 0.3 is 0 Å². The zero-order valence-electron chi connectivity index (χ0n) is 11.3. The van der Waals surface area contributed by atoms with Gasteiger partial charge in [0.1, 0.15) is 0 Å². The second kappa shape index (κ2) is 4.97. The van der Waals surface area contributed by atoms with E-state index >= 15 is 0 Å². The average molecular weight is 238 g/mol. The van der Waals surface area contributed by atoms with Crippen molar-refractivity contribution in [2.24, 2.45) is 10.4 Å².